The molecule has 1 aromatic rings. The van der Waals surface area contributed by atoms with Crippen LogP contribution in [0.5, 0.6) is 5.75 Å². The van der Waals surface area contributed by atoms with Gasteiger partial charge in [0, 0.05) is 18.4 Å². The average molecular weight is 226 g/mol. The van der Waals surface area contributed by atoms with Gasteiger partial charge in [-0.3, -0.25) is 0 Å². The largest absolute Gasteiger partial charge is 0.508 e. The number of hydrogen-bond donors (Lipinski definition) is 1. The number of rotatable bonds is 5. The molecule has 15 heavy (non-hydrogen) atoms. The predicted molar refractivity (Wildman–Crippen MR) is 62.6 cm³/mol. The second-order valence-corrected chi connectivity index (χ2v) is 6.34. The lowest BCUT2D eigenvalue weighted by Crippen LogP contribution is -2.51. The first kappa shape index (κ1) is 12.2. The summed E-state index contributed by atoms with van der Waals surface area (Å²) in [7, 11) is -2.42. The van der Waals surface area contributed by atoms with Gasteiger partial charge in [0.2, 0.25) is 0 Å². The Morgan fingerprint density at radius 3 is 2.13 bits per heavy atom. The quantitative estimate of drug-likeness (QED) is 0.777. The first-order valence-electron chi connectivity index (χ1n) is 5.20. The highest BCUT2D eigenvalue weighted by Gasteiger charge is 2.35. The van der Waals surface area contributed by atoms with E-state index in [1.54, 1.807) is 12.1 Å². The third-order valence-corrected chi connectivity index (χ3v) is 5.31. The lowest BCUT2D eigenvalue weighted by Gasteiger charge is -2.26. The van der Waals surface area contributed by atoms with Crippen LogP contribution in [0.25, 0.3) is 0 Å². The van der Waals surface area contributed by atoms with Crippen LogP contribution in [0.4, 0.5) is 0 Å². The monoisotopic (exact) mass is 226 g/mol. The van der Waals surface area contributed by atoms with Gasteiger partial charge in [-0.25, -0.2) is 0 Å². The van der Waals surface area contributed by atoms with Crippen molar-refractivity contribution in [1.82, 2.24) is 0 Å². The van der Waals surface area contributed by atoms with Crippen molar-refractivity contribution >= 4 is 13.7 Å². The van der Waals surface area contributed by atoms with E-state index in [4.69, 9.17) is 8.85 Å². The number of benzene rings is 1. The number of aromatic hydroxyl groups is 1. The summed E-state index contributed by atoms with van der Waals surface area (Å²) in [5.74, 6) is 0.258. The van der Waals surface area contributed by atoms with E-state index in [-0.39, 0.29) is 5.75 Å². The van der Waals surface area contributed by atoms with E-state index in [9.17, 15) is 5.11 Å². The van der Waals surface area contributed by atoms with Crippen molar-refractivity contribution in [2.45, 2.75) is 20.4 Å². The van der Waals surface area contributed by atoms with Gasteiger partial charge < -0.3 is 14.0 Å². The summed E-state index contributed by atoms with van der Waals surface area (Å²) in [6, 6.07) is 7.22. The number of para-hydroxylation sites is 1. The van der Waals surface area contributed by atoms with Gasteiger partial charge >= 0.3 is 8.56 Å². The van der Waals surface area contributed by atoms with Crippen molar-refractivity contribution < 1.29 is 14.0 Å². The molecule has 0 atom stereocenters. The standard InChI is InChI=1S/C11H18O3Si/c1-4-13-15(3,14-5-2)11-9-7-6-8-10(11)12/h6-9,12H,4-5H2,1-3H3. The minimum Gasteiger partial charge on any atom is -0.508 e. The summed E-state index contributed by atoms with van der Waals surface area (Å²) in [6.07, 6.45) is 0. The summed E-state index contributed by atoms with van der Waals surface area (Å²) < 4.78 is 11.4. The first-order valence-corrected chi connectivity index (χ1v) is 7.52. The van der Waals surface area contributed by atoms with Crippen molar-refractivity contribution in [1.29, 1.82) is 0 Å². The van der Waals surface area contributed by atoms with Crippen molar-refractivity contribution in [3.05, 3.63) is 24.3 Å². The van der Waals surface area contributed by atoms with Gasteiger partial charge in [0.05, 0.1) is 0 Å². The van der Waals surface area contributed by atoms with E-state index in [2.05, 4.69) is 0 Å². The van der Waals surface area contributed by atoms with Crippen LogP contribution in [0, 0.1) is 0 Å². The number of hydrogen-bond acceptors (Lipinski definition) is 3. The van der Waals surface area contributed by atoms with E-state index in [0.717, 1.165) is 5.19 Å². The van der Waals surface area contributed by atoms with Crippen LogP contribution >= 0.6 is 0 Å². The maximum atomic E-state index is 9.77. The lowest BCUT2D eigenvalue weighted by molar-refractivity contribution is 0.201. The van der Waals surface area contributed by atoms with E-state index in [1.807, 2.05) is 32.5 Å². The third-order valence-electron chi connectivity index (χ3n) is 2.23. The summed E-state index contributed by atoms with van der Waals surface area (Å²) in [6.45, 7) is 7.01. The number of phenolic OH excluding ortho intramolecular Hbond substituents is 1. The Morgan fingerprint density at radius 1 is 1.13 bits per heavy atom. The predicted octanol–water partition coefficient (Wildman–Crippen LogP) is 1.74. The van der Waals surface area contributed by atoms with Gasteiger partial charge in [0.15, 0.2) is 0 Å². The zero-order valence-corrected chi connectivity index (χ0v) is 10.5. The fourth-order valence-corrected chi connectivity index (χ4v) is 4.05. The normalized spacial score (nSPS) is 11.7. The topological polar surface area (TPSA) is 38.7 Å². The van der Waals surface area contributed by atoms with Crippen LogP contribution in [0.2, 0.25) is 6.55 Å². The van der Waals surface area contributed by atoms with Gasteiger partial charge in [-0.1, -0.05) is 18.2 Å². The minimum absolute atomic E-state index is 0.258. The van der Waals surface area contributed by atoms with E-state index >= 15 is 0 Å². The molecular weight excluding hydrogens is 208 g/mol. The molecule has 0 spiro atoms. The molecule has 84 valence electrons. The van der Waals surface area contributed by atoms with Crippen LogP contribution in [-0.4, -0.2) is 26.9 Å². The van der Waals surface area contributed by atoms with Crippen LogP contribution in [0.1, 0.15) is 13.8 Å². The Balaban J connectivity index is 3.03. The number of phenols is 1. The van der Waals surface area contributed by atoms with Gasteiger partial charge in [-0.15, -0.1) is 0 Å². The second kappa shape index (κ2) is 5.30. The van der Waals surface area contributed by atoms with Gasteiger partial charge in [-0.05, 0) is 26.5 Å². The highest BCUT2D eigenvalue weighted by Crippen LogP contribution is 2.15. The lowest BCUT2D eigenvalue weighted by atomic mass is 10.3. The zero-order valence-electron chi connectivity index (χ0n) is 9.49. The molecular formula is C11H18O3Si. The van der Waals surface area contributed by atoms with Crippen molar-refractivity contribution in [2.24, 2.45) is 0 Å². The first-order chi connectivity index (χ1) is 7.14. The Morgan fingerprint density at radius 2 is 1.67 bits per heavy atom. The zero-order chi connectivity index (χ0) is 11.3. The van der Waals surface area contributed by atoms with E-state index in [1.165, 1.54) is 0 Å². The van der Waals surface area contributed by atoms with Crippen LogP contribution in [-0.2, 0) is 8.85 Å². The smallest absolute Gasteiger partial charge is 0.373 e. The summed E-state index contributed by atoms with van der Waals surface area (Å²) in [4.78, 5) is 0. The average Bonchev–Trinajstić information content (AvgIpc) is 2.19. The highest BCUT2D eigenvalue weighted by molar-refractivity contribution is 6.80. The third kappa shape index (κ3) is 2.81. The van der Waals surface area contributed by atoms with E-state index < -0.39 is 8.56 Å². The molecule has 1 aromatic carbocycles. The molecule has 0 aromatic heterocycles. The maximum Gasteiger partial charge on any atom is 0.373 e. The van der Waals surface area contributed by atoms with E-state index in [0.29, 0.717) is 13.2 Å². The molecule has 0 fully saturated rings. The Bertz CT molecular complexity index is 308. The van der Waals surface area contributed by atoms with Gasteiger partial charge in [0.1, 0.15) is 5.75 Å². The second-order valence-electron chi connectivity index (χ2n) is 3.33. The molecule has 1 rings (SSSR count). The van der Waals surface area contributed by atoms with Crippen molar-refractivity contribution in [3.63, 3.8) is 0 Å². The molecule has 1 N–H and O–H groups in total. The fourth-order valence-electron chi connectivity index (χ4n) is 1.61. The van der Waals surface area contributed by atoms with Crippen LogP contribution < -0.4 is 5.19 Å². The molecule has 0 amide bonds. The fraction of sp³-hybridized carbons (Fsp3) is 0.455. The summed E-state index contributed by atoms with van der Waals surface area (Å²) >= 11 is 0. The Labute approximate surface area is 91.9 Å². The summed E-state index contributed by atoms with van der Waals surface area (Å²) in [5, 5.41) is 10.6. The van der Waals surface area contributed by atoms with Gasteiger partial charge in [-0.2, -0.15) is 0 Å². The molecule has 0 heterocycles. The summed E-state index contributed by atoms with van der Waals surface area (Å²) in [5.41, 5.74) is 0. The highest BCUT2D eigenvalue weighted by atomic mass is 28.4. The molecule has 3 nitrogen and oxygen atoms in total. The van der Waals surface area contributed by atoms with Crippen molar-refractivity contribution in [3.8, 4) is 5.75 Å². The Hall–Kier alpha value is -0.843. The molecule has 0 aliphatic heterocycles. The van der Waals surface area contributed by atoms with Gasteiger partial charge in [0.25, 0.3) is 0 Å². The van der Waals surface area contributed by atoms with Crippen LogP contribution in [0.15, 0.2) is 24.3 Å². The molecule has 0 aliphatic rings. The Kier molecular flexibility index (Phi) is 4.32. The molecule has 0 unspecified atom stereocenters. The SMILES string of the molecule is CCO[Si](C)(OCC)c1ccccc1O. The van der Waals surface area contributed by atoms with Crippen molar-refractivity contribution in [2.75, 3.05) is 13.2 Å². The maximum absolute atomic E-state index is 9.77. The molecule has 0 aliphatic carbocycles. The molecule has 0 saturated carbocycles. The molecule has 0 radical (unpaired) electrons. The minimum atomic E-state index is -2.42. The van der Waals surface area contributed by atoms with Crippen LogP contribution in [0.3, 0.4) is 0 Å². The molecule has 4 heteroatoms. The molecule has 0 bridgehead atoms. The molecule has 0 saturated heterocycles.